The molecule has 0 spiro atoms. The van der Waals surface area contributed by atoms with Crippen molar-refractivity contribution in [1.29, 1.82) is 0 Å². The van der Waals surface area contributed by atoms with Gasteiger partial charge in [0, 0.05) is 0 Å². The Morgan fingerprint density at radius 3 is 1.35 bits per heavy atom. The molecule has 0 amide bonds. The first kappa shape index (κ1) is 14.0. The SMILES string of the molecule is CC1=C(P)C(C)=[C]([Ti][C]2=C(C)C(P)=C(C)C2)C1. The van der Waals surface area contributed by atoms with Crippen molar-refractivity contribution in [3.05, 3.63) is 40.7 Å². The molecule has 2 aliphatic rings. The summed E-state index contributed by atoms with van der Waals surface area (Å²) in [5.41, 5.74) is 6.22. The number of hydrogen-bond donors (Lipinski definition) is 0. The van der Waals surface area contributed by atoms with Gasteiger partial charge in [0.2, 0.25) is 0 Å². The summed E-state index contributed by atoms with van der Waals surface area (Å²) in [6, 6.07) is 0. The standard InChI is InChI=1S/2C7H10P.Ti/c2*1-5-3-4-6(2)7(5)8;/h2*3,8H2,1-2H3;. The van der Waals surface area contributed by atoms with E-state index < -0.39 is 0 Å². The van der Waals surface area contributed by atoms with Crippen molar-refractivity contribution in [3.8, 4) is 0 Å². The van der Waals surface area contributed by atoms with Crippen LogP contribution in [0.2, 0.25) is 0 Å². The van der Waals surface area contributed by atoms with E-state index in [2.05, 4.69) is 46.2 Å². The van der Waals surface area contributed by atoms with Gasteiger partial charge in [-0.3, -0.25) is 0 Å². The minimum atomic E-state index is -0.0709. The summed E-state index contributed by atoms with van der Waals surface area (Å²) in [5.74, 6) is 0. The second-order valence-electron chi connectivity index (χ2n) is 5.07. The zero-order valence-corrected chi connectivity index (χ0v) is 14.9. The molecular weight excluding hydrogens is 278 g/mol. The predicted molar refractivity (Wildman–Crippen MR) is 79.5 cm³/mol. The molecule has 90 valence electrons. The van der Waals surface area contributed by atoms with Gasteiger partial charge in [0.05, 0.1) is 0 Å². The summed E-state index contributed by atoms with van der Waals surface area (Å²) in [6.45, 7) is 9.13. The first-order chi connectivity index (χ1) is 7.91. The topological polar surface area (TPSA) is 0 Å². The quantitative estimate of drug-likeness (QED) is 0.511. The summed E-state index contributed by atoms with van der Waals surface area (Å²) < 4.78 is 3.49. The van der Waals surface area contributed by atoms with Crippen LogP contribution in [0.3, 0.4) is 0 Å². The van der Waals surface area contributed by atoms with Crippen LogP contribution in [0.4, 0.5) is 0 Å². The molecule has 0 fully saturated rings. The molecule has 0 N–H and O–H groups in total. The first-order valence-electron chi connectivity index (χ1n) is 5.99. The maximum absolute atomic E-state index is 2.92. The Morgan fingerprint density at radius 2 is 1.12 bits per heavy atom. The van der Waals surface area contributed by atoms with E-state index in [4.69, 9.17) is 0 Å². The van der Waals surface area contributed by atoms with Crippen LogP contribution in [-0.2, 0) is 19.2 Å². The van der Waals surface area contributed by atoms with Crippen molar-refractivity contribution in [2.75, 3.05) is 0 Å². The van der Waals surface area contributed by atoms with Crippen molar-refractivity contribution in [3.63, 3.8) is 0 Å². The van der Waals surface area contributed by atoms with Crippen LogP contribution >= 0.6 is 18.5 Å². The van der Waals surface area contributed by atoms with E-state index in [0.717, 1.165) is 0 Å². The van der Waals surface area contributed by atoms with Crippen molar-refractivity contribution in [1.82, 2.24) is 0 Å². The Bertz CT molecular complexity index is 458. The van der Waals surface area contributed by atoms with E-state index >= 15 is 0 Å². The molecule has 3 heteroatoms. The Morgan fingerprint density at radius 1 is 0.765 bits per heavy atom. The van der Waals surface area contributed by atoms with Crippen LogP contribution in [0.5, 0.6) is 0 Å². The van der Waals surface area contributed by atoms with Crippen LogP contribution in [-0.4, -0.2) is 0 Å². The molecular formula is C14H20P2Ti. The Hall–Kier alpha value is 0.534. The molecule has 2 unspecified atom stereocenters. The zero-order valence-electron chi connectivity index (χ0n) is 11.1. The molecule has 0 bridgehead atoms. The van der Waals surface area contributed by atoms with Gasteiger partial charge in [-0.2, -0.15) is 0 Å². The van der Waals surface area contributed by atoms with E-state index in [1.807, 2.05) is 0 Å². The summed E-state index contributed by atoms with van der Waals surface area (Å²) >= 11 is -0.0709. The van der Waals surface area contributed by atoms with Gasteiger partial charge in [-0.25, -0.2) is 0 Å². The number of hydrogen-bond acceptors (Lipinski definition) is 0. The second-order valence-corrected chi connectivity index (χ2v) is 8.50. The van der Waals surface area contributed by atoms with E-state index in [-0.39, 0.29) is 19.2 Å². The molecule has 2 atom stereocenters. The van der Waals surface area contributed by atoms with Crippen molar-refractivity contribution >= 4 is 18.5 Å². The minimum absolute atomic E-state index is 0.0709. The van der Waals surface area contributed by atoms with Gasteiger partial charge in [-0.15, -0.1) is 0 Å². The average Bonchev–Trinajstić information content (AvgIpc) is 2.66. The van der Waals surface area contributed by atoms with E-state index in [1.54, 1.807) is 30.0 Å². The van der Waals surface area contributed by atoms with Crippen LogP contribution in [0.1, 0.15) is 40.5 Å². The molecule has 0 aromatic rings. The molecule has 0 aromatic carbocycles. The molecule has 0 radical (unpaired) electrons. The summed E-state index contributed by atoms with van der Waals surface area (Å²) in [7, 11) is 5.83. The van der Waals surface area contributed by atoms with E-state index in [0.29, 0.717) is 0 Å². The first-order valence-corrected chi connectivity index (χ1v) is 8.71. The van der Waals surface area contributed by atoms with Gasteiger partial charge >= 0.3 is 119 Å². The van der Waals surface area contributed by atoms with Crippen LogP contribution < -0.4 is 0 Å². The molecule has 0 saturated heterocycles. The average molecular weight is 298 g/mol. The number of rotatable bonds is 2. The third-order valence-corrected chi connectivity index (χ3v) is 8.34. The monoisotopic (exact) mass is 298 g/mol. The normalized spacial score (nSPS) is 21.3. The third kappa shape index (κ3) is 2.62. The number of allylic oxidation sites excluding steroid dienone is 8. The summed E-state index contributed by atoms with van der Waals surface area (Å²) in [4.78, 5) is 0. The maximum atomic E-state index is 2.92. The van der Waals surface area contributed by atoms with Gasteiger partial charge in [0.1, 0.15) is 0 Å². The van der Waals surface area contributed by atoms with Gasteiger partial charge < -0.3 is 0 Å². The summed E-state index contributed by atoms with van der Waals surface area (Å²) in [6.07, 6.45) is 2.46. The van der Waals surface area contributed by atoms with Crippen molar-refractivity contribution in [2.45, 2.75) is 40.5 Å². The fourth-order valence-corrected chi connectivity index (χ4v) is 6.09. The zero-order chi connectivity index (χ0) is 12.7. The van der Waals surface area contributed by atoms with Gasteiger partial charge in [-0.1, -0.05) is 0 Å². The molecule has 0 nitrogen and oxygen atoms in total. The van der Waals surface area contributed by atoms with Crippen LogP contribution in [0.25, 0.3) is 0 Å². The van der Waals surface area contributed by atoms with Crippen LogP contribution in [0.15, 0.2) is 40.7 Å². The molecule has 0 aromatic heterocycles. The third-order valence-electron chi connectivity index (χ3n) is 3.82. The van der Waals surface area contributed by atoms with Gasteiger partial charge in [-0.05, 0) is 0 Å². The predicted octanol–water partition coefficient (Wildman–Crippen LogP) is 4.72. The molecule has 0 heterocycles. The Labute approximate surface area is 118 Å². The Kier molecular flexibility index (Phi) is 4.32. The second kappa shape index (κ2) is 5.26. The fourth-order valence-electron chi connectivity index (χ4n) is 2.41. The van der Waals surface area contributed by atoms with Gasteiger partial charge in [0.15, 0.2) is 0 Å². The van der Waals surface area contributed by atoms with Gasteiger partial charge in [0.25, 0.3) is 0 Å². The van der Waals surface area contributed by atoms with Crippen LogP contribution in [0, 0.1) is 0 Å². The molecule has 17 heavy (non-hydrogen) atoms. The molecule has 2 aliphatic carbocycles. The van der Waals surface area contributed by atoms with E-state index in [1.165, 1.54) is 23.5 Å². The van der Waals surface area contributed by atoms with E-state index in [9.17, 15) is 0 Å². The fraction of sp³-hybridized carbons (Fsp3) is 0.429. The molecule has 0 saturated carbocycles. The molecule has 2 rings (SSSR count). The van der Waals surface area contributed by atoms with Crippen molar-refractivity contribution < 1.29 is 19.2 Å². The van der Waals surface area contributed by atoms with Crippen molar-refractivity contribution in [2.24, 2.45) is 0 Å². The molecule has 0 aliphatic heterocycles. The summed E-state index contributed by atoms with van der Waals surface area (Å²) in [5, 5.41) is 2.94. The Balaban J connectivity index is 2.18.